The van der Waals surface area contributed by atoms with Gasteiger partial charge in [-0.25, -0.2) is 4.39 Å². The van der Waals surface area contributed by atoms with Crippen LogP contribution in [0, 0.1) is 24.1 Å². The zero-order valence-electron chi connectivity index (χ0n) is 16.4. The fraction of sp³-hybridized carbons (Fsp3) is 0.217. The van der Waals surface area contributed by atoms with E-state index in [4.69, 9.17) is 4.74 Å². The van der Waals surface area contributed by atoms with Gasteiger partial charge in [0.1, 0.15) is 17.5 Å². The molecule has 1 N–H and O–H groups in total. The fourth-order valence-corrected chi connectivity index (χ4v) is 3.32. The Bertz CT molecular complexity index is 1110. The van der Waals surface area contributed by atoms with Gasteiger partial charge in [0.15, 0.2) is 0 Å². The number of amides is 1. The number of para-hydroxylation sites is 1. The summed E-state index contributed by atoms with van der Waals surface area (Å²) in [6.45, 7) is 3.12. The van der Waals surface area contributed by atoms with Gasteiger partial charge in [0, 0.05) is 42.4 Å². The molecule has 6 heteroatoms. The van der Waals surface area contributed by atoms with Crippen LogP contribution >= 0.6 is 0 Å². The number of nitrogens with one attached hydrogen (secondary N) is 1. The molecule has 0 saturated carbocycles. The van der Waals surface area contributed by atoms with Gasteiger partial charge in [-0.2, -0.15) is 5.26 Å². The molecule has 0 saturated heterocycles. The highest BCUT2D eigenvalue weighted by molar-refractivity contribution is 6.04. The highest BCUT2D eigenvalue weighted by Gasteiger charge is 2.16. The van der Waals surface area contributed by atoms with Crippen molar-refractivity contribution in [1.82, 2.24) is 9.88 Å². The van der Waals surface area contributed by atoms with Gasteiger partial charge in [-0.1, -0.05) is 30.3 Å². The molecule has 0 fully saturated rings. The average molecular weight is 391 g/mol. The van der Waals surface area contributed by atoms with E-state index in [0.29, 0.717) is 19.7 Å². The van der Waals surface area contributed by atoms with Crippen LogP contribution in [0.2, 0.25) is 0 Å². The van der Waals surface area contributed by atoms with Crippen LogP contribution in [0.15, 0.2) is 54.1 Å². The minimum absolute atomic E-state index is 0.0258. The smallest absolute Gasteiger partial charge is 0.262 e. The predicted octanol–water partition coefficient (Wildman–Crippen LogP) is 3.81. The largest absolute Gasteiger partial charge is 0.383 e. The van der Waals surface area contributed by atoms with E-state index in [1.165, 1.54) is 12.1 Å². The number of nitrogens with zero attached hydrogens (tertiary/aromatic N) is 2. The van der Waals surface area contributed by atoms with Gasteiger partial charge < -0.3 is 14.6 Å². The number of hydrogen-bond donors (Lipinski definition) is 1. The van der Waals surface area contributed by atoms with Crippen LogP contribution < -0.4 is 5.32 Å². The number of benzene rings is 2. The van der Waals surface area contributed by atoms with Crippen molar-refractivity contribution in [2.45, 2.75) is 13.5 Å². The molecule has 3 aromatic rings. The first-order chi connectivity index (χ1) is 14.0. The van der Waals surface area contributed by atoms with Crippen LogP contribution in [0.1, 0.15) is 16.8 Å². The van der Waals surface area contributed by atoms with Crippen molar-refractivity contribution < 1.29 is 13.9 Å². The van der Waals surface area contributed by atoms with Crippen molar-refractivity contribution in [3.8, 4) is 6.07 Å². The summed E-state index contributed by atoms with van der Waals surface area (Å²) in [5.74, 6) is -0.720. The molecule has 148 valence electrons. The third-order valence-corrected chi connectivity index (χ3v) is 4.75. The normalized spacial score (nSPS) is 11.4. The summed E-state index contributed by atoms with van der Waals surface area (Å²) < 4.78 is 20.6. The van der Waals surface area contributed by atoms with Gasteiger partial charge in [-0.05, 0) is 36.8 Å². The summed E-state index contributed by atoms with van der Waals surface area (Å²) in [7, 11) is 1.55. The standard InChI is InChI=1S/C23H22FN3O2/c1-16-21(13-18(14-25)23(28)26-10-11-29-2)20-8-3-4-9-22(20)27(16)15-17-6-5-7-19(24)12-17/h3-9,12-13H,10-11,15H2,1-2H3,(H,26,28)/b18-13+. The molecule has 3 rings (SSSR count). The van der Waals surface area contributed by atoms with Gasteiger partial charge in [0.05, 0.1) is 6.61 Å². The average Bonchev–Trinajstić information content (AvgIpc) is 2.97. The first-order valence-corrected chi connectivity index (χ1v) is 9.26. The van der Waals surface area contributed by atoms with Crippen molar-refractivity contribution >= 4 is 22.9 Å². The molecular weight excluding hydrogens is 369 g/mol. The second kappa shape index (κ2) is 9.18. The first kappa shape index (κ1) is 20.3. The number of halogens is 1. The Morgan fingerprint density at radius 3 is 2.79 bits per heavy atom. The molecule has 2 aromatic carbocycles. The summed E-state index contributed by atoms with van der Waals surface area (Å²) in [4.78, 5) is 12.3. The quantitative estimate of drug-likeness (QED) is 0.378. The molecule has 0 aliphatic carbocycles. The minimum atomic E-state index is -0.439. The number of rotatable bonds is 7. The molecule has 0 spiro atoms. The molecule has 1 heterocycles. The number of carbonyl (C=O) groups is 1. The summed E-state index contributed by atoms with van der Waals surface area (Å²) in [6.07, 6.45) is 1.61. The number of ether oxygens (including phenoxy) is 1. The van der Waals surface area contributed by atoms with E-state index in [1.807, 2.05) is 43.3 Å². The van der Waals surface area contributed by atoms with Crippen molar-refractivity contribution in [3.05, 3.63) is 76.7 Å². The third-order valence-electron chi connectivity index (χ3n) is 4.75. The van der Waals surface area contributed by atoms with Crippen LogP contribution in [0.4, 0.5) is 4.39 Å². The van der Waals surface area contributed by atoms with E-state index in [1.54, 1.807) is 19.3 Å². The second-order valence-electron chi connectivity index (χ2n) is 6.65. The maximum absolute atomic E-state index is 13.6. The van der Waals surface area contributed by atoms with Crippen molar-refractivity contribution in [1.29, 1.82) is 5.26 Å². The summed E-state index contributed by atoms with van der Waals surface area (Å²) >= 11 is 0. The Kier molecular flexibility index (Phi) is 6.43. The van der Waals surface area contributed by atoms with E-state index in [9.17, 15) is 14.4 Å². The number of aromatic nitrogens is 1. The number of fused-ring (bicyclic) bond motifs is 1. The van der Waals surface area contributed by atoms with Crippen LogP contribution in [-0.4, -0.2) is 30.7 Å². The predicted molar refractivity (Wildman–Crippen MR) is 111 cm³/mol. The molecule has 5 nitrogen and oxygen atoms in total. The van der Waals surface area contributed by atoms with Crippen LogP contribution in [-0.2, 0) is 16.1 Å². The molecule has 0 aliphatic heterocycles. The lowest BCUT2D eigenvalue weighted by Gasteiger charge is -2.09. The van der Waals surface area contributed by atoms with E-state index in [0.717, 1.165) is 27.7 Å². The third kappa shape index (κ3) is 4.53. The van der Waals surface area contributed by atoms with Crippen molar-refractivity contribution in [3.63, 3.8) is 0 Å². The number of hydrogen-bond acceptors (Lipinski definition) is 3. The first-order valence-electron chi connectivity index (χ1n) is 9.26. The van der Waals surface area contributed by atoms with Gasteiger partial charge in [0.2, 0.25) is 0 Å². The second-order valence-corrected chi connectivity index (χ2v) is 6.65. The van der Waals surface area contributed by atoms with Crippen LogP contribution in [0.25, 0.3) is 17.0 Å². The lowest BCUT2D eigenvalue weighted by atomic mass is 10.1. The Hall–Kier alpha value is -3.43. The Labute approximate surface area is 169 Å². The van der Waals surface area contributed by atoms with Crippen molar-refractivity contribution in [2.75, 3.05) is 20.3 Å². The maximum atomic E-state index is 13.6. The topological polar surface area (TPSA) is 67.0 Å². The number of methoxy groups -OCH3 is 1. The molecule has 0 atom stereocenters. The minimum Gasteiger partial charge on any atom is -0.383 e. The van der Waals surface area contributed by atoms with E-state index >= 15 is 0 Å². The van der Waals surface area contributed by atoms with Gasteiger partial charge in [-0.3, -0.25) is 4.79 Å². The molecule has 0 radical (unpaired) electrons. The number of carbonyl (C=O) groups excluding carboxylic acids is 1. The van der Waals surface area contributed by atoms with E-state index in [2.05, 4.69) is 9.88 Å². The van der Waals surface area contributed by atoms with Crippen LogP contribution in [0.3, 0.4) is 0 Å². The molecule has 0 unspecified atom stereocenters. The Morgan fingerprint density at radius 1 is 1.28 bits per heavy atom. The lowest BCUT2D eigenvalue weighted by Crippen LogP contribution is -2.27. The number of nitriles is 1. The van der Waals surface area contributed by atoms with Gasteiger partial charge in [0.25, 0.3) is 5.91 Å². The van der Waals surface area contributed by atoms with E-state index < -0.39 is 5.91 Å². The zero-order valence-corrected chi connectivity index (χ0v) is 16.4. The highest BCUT2D eigenvalue weighted by Crippen LogP contribution is 2.29. The zero-order chi connectivity index (χ0) is 20.8. The van der Waals surface area contributed by atoms with E-state index in [-0.39, 0.29) is 11.4 Å². The summed E-state index contributed by atoms with van der Waals surface area (Å²) in [5, 5.41) is 13.1. The highest BCUT2D eigenvalue weighted by atomic mass is 19.1. The summed E-state index contributed by atoms with van der Waals surface area (Å²) in [5.41, 5.74) is 3.51. The summed E-state index contributed by atoms with van der Waals surface area (Å²) in [6, 6.07) is 16.2. The SMILES string of the molecule is COCCNC(=O)/C(C#N)=C/c1c(C)n(Cc2cccc(F)c2)c2ccccc12. The monoisotopic (exact) mass is 391 g/mol. The Morgan fingerprint density at radius 2 is 2.07 bits per heavy atom. The molecular formula is C23H22FN3O2. The molecule has 0 aliphatic rings. The van der Waals surface area contributed by atoms with Gasteiger partial charge in [-0.15, -0.1) is 0 Å². The van der Waals surface area contributed by atoms with Crippen LogP contribution in [0.5, 0.6) is 0 Å². The maximum Gasteiger partial charge on any atom is 0.262 e. The molecule has 1 aromatic heterocycles. The molecule has 1 amide bonds. The van der Waals surface area contributed by atoms with Crippen molar-refractivity contribution in [2.24, 2.45) is 0 Å². The fourth-order valence-electron chi connectivity index (χ4n) is 3.32. The van der Waals surface area contributed by atoms with Gasteiger partial charge >= 0.3 is 0 Å². The Balaban J connectivity index is 2.03. The lowest BCUT2D eigenvalue weighted by molar-refractivity contribution is -0.117. The molecule has 29 heavy (non-hydrogen) atoms. The molecule has 0 bridgehead atoms.